The quantitative estimate of drug-likeness (QED) is 0.618. The molecule has 1 rings (SSSR count). The highest BCUT2D eigenvalue weighted by atomic mass is 32.2. The Morgan fingerprint density at radius 1 is 1.47 bits per heavy atom. The van der Waals surface area contributed by atoms with E-state index >= 15 is 0 Å². The smallest absolute Gasteiger partial charge is 0.322 e. The van der Waals surface area contributed by atoms with Gasteiger partial charge in [-0.25, -0.2) is 8.78 Å². The number of hydrogen-bond donors (Lipinski definition) is 1. The van der Waals surface area contributed by atoms with Crippen LogP contribution in [-0.2, 0) is 9.53 Å². The molecule has 0 aliphatic carbocycles. The molecule has 19 heavy (non-hydrogen) atoms. The Morgan fingerprint density at radius 3 is 2.79 bits per heavy atom. The van der Waals surface area contributed by atoms with Crippen LogP contribution in [0.5, 0.6) is 0 Å². The third-order valence-electron chi connectivity index (χ3n) is 2.49. The van der Waals surface area contributed by atoms with Crippen molar-refractivity contribution in [2.45, 2.75) is 24.3 Å². The predicted octanol–water partition coefficient (Wildman–Crippen LogP) is 2.60. The highest BCUT2D eigenvalue weighted by Crippen LogP contribution is 2.23. The molecule has 0 saturated heterocycles. The molecule has 0 aliphatic rings. The van der Waals surface area contributed by atoms with Gasteiger partial charge in [0, 0.05) is 16.7 Å². The third kappa shape index (κ3) is 5.16. The van der Waals surface area contributed by atoms with E-state index in [1.165, 1.54) is 31.0 Å². The van der Waals surface area contributed by atoms with E-state index in [1.54, 1.807) is 0 Å². The maximum atomic E-state index is 13.4. The van der Waals surface area contributed by atoms with E-state index in [1.807, 2.05) is 6.92 Å². The van der Waals surface area contributed by atoms with E-state index in [9.17, 15) is 13.6 Å². The summed E-state index contributed by atoms with van der Waals surface area (Å²) in [6, 6.07) is 3.07. The molecule has 1 N–H and O–H groups in total. The normalized spacial score (nSPS) is 12.2. The number of esters is 1. The first-order valence-electron chi connectivity index (χ1n) is 5.97. The average molecular weight is 289 g/mol. The fourth-order valence-corrected chi connectivity index (χ4v) is 2.51. The lowest BCUT2D eigenvalue weighted by Gasteiger charge is -2.14. The van der Waals surface area contributed by atoms with Crippen LogP contribution in [-0.4, -0.2) is 31.4 Å². The minimum absolute atomic E-state index is 0.331. The van der Waals surface area contributed by atoms with Gasteiger partial charge in [0.15, 0.2) is 0 Å². The largest absolute Gasteiger partial charge is 0.468 e. The lowest BCUT2D eigenvalue weighted by atomic mass is 10.2. The summed E-state index contributed by atoms with van der Waals surface area (Å²) in [6.07, 6.45) is 0.516. The van der Waals surface area contributed by atoms with Gasteiger partial charge in [0.05, 0.1) is 7.11 Å². The maximum Gasteiger partial charge on any atom is 0.322 e. The molecular weight excluding hydrogens is 272 g/mol. The van der Waals surface area contributed by atoms with Crippen molar-refractivity contribution in [1.82, 2.24) is 5.32 Å². The molecule has 0 amide bonds. The van der Waals surface area contributed by atoms with Crippen LogP contribution in [0.1, 0.15) is 13.3 Å². The fraction of sp³-hybridized carbons (Fsp3) is 0.462. The van der Waals surface area contributed by atoms with Crippen LogP contribution < -0.4 is 5.32 Å². The monoisotopic (exact) mass is 289 g/mol. The summed E-state index contributed by atoms with van der Waals surface area (Å²) in [4.78, 5) is 11.8. The van der Waals surface area contributed by atoms with Gasteiger partial charge in [-0.05, 0) is 25.1 Å². The van der Waals surface area contributed by atoms with Crippen LogP contribution >= 0.6 is 11.8 Å². The lowest BCUT2D eigenvalue weighted by Crippen LogP contribution is -2.37. The van der Waals surface area contributed by atoms with Gasteiger partial charge in [0.25, 0.3) is 0 Å². The van der Waals surface area contributed by atoms with Crippen LogP contribution in [0.25, 0.3) is 0 Å². The number of thioether (sulfide) groups is 1. The van der Waals surface area contributed by atoms with Crippen molar-refractivity contribution >= 4 is 17.7 Å². The number of likely N-dealkylation sites (N-methyl/N-ethyl adjacent to an activating group) is 1. The first-order chi connectivity index (χ1) is 9.08. The number of methoxy groups -OCH3 is 1. The molecule has 106 valence electrons. The van der Waals surface area contributed by atoms with Gasteiger partial charge < -0.3 is 10.1 Å². The Bertz CT molecular complexity index is 429. The Labute approximate surface area is 115 Å². The predicted molar refractivity (Wildman–Crippen MR) is 71.2 cm³/mol. The van der Waals surface area contributed by atoms with Gasteiger partial charge in [0.2, 0.25) is 0 Å². The van der Waals surface area contributed by atoms with Crippen LogP contribution in [0.2, 0.25) is 0 Å². The number of nitrogens with one attached hydrogen (secondary N) is 1. The van der Waals surface area contributed by atoms with Crippen LogP contribution in [0.15, 0.2) is 23.1 Å². The van der Waals surface area contributed by atoms with E-state index in [2.05, 4.69) is 10.1 Å². The zero-order chi connectivity index (χ0) is 14.3. The second-order valence-electron chi connectivity index (χ2n) is 3.85. The summed E-state index contributed by atoms with van der Waals surface area (Å²) in [6.45, 7) is 2.54. The topological polar surface area (TPSA) is 38.3 Å². The molecule has 0 saturated carbocycles. The SMILES string of the molecule is CCNC(CCSc1ccc(F)cc1F)C(=O)OC. The van der Waals surface area contributed by atoms with Crippen LogP contribution in [0, 0.1) is 11.6 Å². The van der Waals surface area contributed by atoms with Crippen LogP contribution in [0.3, 0.4) is 0 Å². The summed E-state index contributed by atoms with van der Waals surface area (Å²) >= 11 is 1.25. The van der Waals surface area contributed by atoms with Crippen molar-refractivity contribution in [3.63, 3.8) is 0 Å². The van der Waals surface area contributed by atoms with Crippen molar-refractivity contribution < 1.29 is 18.3 Å². The standard InChI is InChI=1S/C13H17F2NO2S/c1-3-16-11(13(17)18-2)6-7-19-12-5-4-9(14)8-10(12)15/h4-5,8,11,16H,3,6-7H2,1-2H3. The fourth-order valence-electron chi connectivity index (χ4n) is 1.57. The minimum atomic E-state index is -0.595. The summed E-state index contributed by atoms with van der Waals surface area (Å²) < 4.78 is 30.8. The highest BCUT2D eigenvalue weighted by Gasteiger charge is 2.17. The van der Waals surface area contributed by atoms with Crippen molar-refractivity contribution in [2.24, 2.45) is 0 Å². The number of benzene rings is 1. The molecule has 0 heterocycles. The molecular formula is C13H17F2NO2S. The van der Waals surface area contributed by atoms with E-state index < -0.39 is 17.7 Å². The molecule has 1 aromatic rings. The van der Waals surface area contributed by atoms with Crippen molar-refractivity contribution in [3.8, 4) is 0 Å². The molecule has 0 aromatic heterocycles. The zero-order valence-electron chi connectivity index (χ0n) is 10.9. The van der Waals surface area contributed by atoms with Gasteiger partial charge in [-0.1, -0.05) is 6.92 Å². The van der Waals surface area contributed by atoms with Crippen LogP contribution in [0.4, 0.5) is 8.78 Å². The zero-order valence-corrected chi connectivity index (χ0v) is 11.7. The third-order valence-corrected chi connectivity index (χ3v) is 3.58. The number of carbonyl (C=O) groups is 1. The molecule has 0 fully saturated rings. The summed E-state index contributed by atoms with van der Waals surface area (Å²) in [5.74, 6) is -0.970. The molecule has 1 atom stereocenters. The van der Waals surface area contributed by atoms with Gasteiger partial charge in [-0.15, -0.1) is 11.8 Å². The lowest BCUT2D eigenvalue weighted by molar-refractivity contribution is -0.143. The summed E-state index contributed by atoms with van der Waals surface area (Å²) in [5, 5.41) is 3.00. The highest BCUT2D eigenvalue weighted by molar-refractivity contribution is 7.99. The molecule has 0 radical (unpaired) electrons. The number of ether oxygens (including phenoxy) is 1. The van der Waals surface area contributed by atoms with Gasteiger partial charge in [0.1, 0.15) is 17.7 Å². The average Bonchev–Trinajstić information content (AvgIpc) is 2.39. The van der Waals surface area contributed by atoms with E-state index in [0.717, 1.165) is 6.07 Å². The number of rotatable bonds is 7. The summed E-state index contributed by atoms with van der Waals surface area (Å²) in [5.41, 5.74) is 0. The molecule has 1 aromatic carbocycles. The second-order valence-corrected chi connectivity index (χ2v) is 4.98. The number of hydrogen-bond acceptors (Lipinski definition) is 4. The van der Waals surface area contributed by atoms with E-state index in [0.29, 0.717) is 23.6 Å². The van der Waals surface area contributed by atoms with Crippen molar-refractivity contribution in [2.75, 3.05) is 19.4 Å². The number of halogens is 2. The molecule has 0 aliphatic heterocycles. The number of carbonyl (C=O) groups excluding carboxylic acids is 1. The maximum absolute atomic E-state index is 13.4. The first-order valence-corrected chi connectivity index (χ1v) is 6.96. The van der Waals surface area contributed by atoms with E-state index in [4.69, 9.17) is 0 Å². The van der Waals surface area contributed by atoms with Crippen molar-refractivity contribution in [3.05, 3.63) is 29.8 Å². The van der Waals surface area contributed by atoms with Gasteiger partial charge >= 0.3 is 5.97 Å². The molecule has 1 unspecified atom stereocenters. The molecule has 3 nitrogen and oxygen atoms in total. The Hall–Kier alpha value is -1.14. The second kappa shape index (κ2) is 8.12. The van der Waals surface area contributed by atoms with Gasteiger partial charge in [-0.3, -0.25) is 4.79 Å². The molecule has 6 heteroatoms. The summed E-state index contributed by atoms with van der Waals surface area (Å²) in [7, 11) is 1.33. The van der Waals surface area contributed by atoms with Crippen molar-refractivity contribution in [1.29, 1.82) is 0 Å². The minimum Gasteiger partial charge on any atom is -0.468 e. The van der Waals surface area contributed by atoms with E-state index in [-0.39, 0.29) is 5.97 Å². The van der Waals surface area contributed by atoms with Gasteiger partial charge in [-0.2, -0.15) is 0 Å². The molecule has 0 spiro atoms. The Kier molecular flexibility index (Phi) is 6.80. The first kappa shape index (κ1) is 15.9. The Morgan fingerprint density at radius 2 is 2.21 bits per heavy atom. The molecule has 0 bridgehead atoms. The Balaban J connectivity index is 2.49.